The van der Waals surface area contributed by atoms with Crippen molar-refractivity contribution in [2.45, 2.75) is 6.92 Å². The minimum Gasteiger partial charge on any atom is -0.493 e. The van der Waals surface area contributed by atoms with E-state index in [1.54, 1.807) is 13.0 Å². The zero-order valence-electron chi connectivity index (χ0n) is 9.88. The van der Waals surface area contributed by atoms with Crippen molar-refractivity contribution in [1.82, 2.24) is 0 Å². The first-order valence-corrected chi connectivity index (χ1v) is 8.44. The van der Waals surface area contributed by atoms with Gasteiger partial charge >= 0.3 is 0 Å². The maximum absolute atomic E-state index is 10.9. The molecule has 1 rings (SSSR count). The predicted molar refractivity (Wildman–Crippen MR) is 75.1 cm³/mol. The minimum atomic E-state index is -3.58. The zero-order chi connectivity index (χ0) is 14.6. The Morgan fingerprint density at radius 3 is 2.63 bits per heavy atom. The van der Waals surface area contributed by atoms with E-state index in [0.717, 1.165) is 0 Å². The van der Waals surface area contributed by atoms with Crippen LogP contribution in [0.3, 0.4) is 0 Å². The zero-order valence-corrected chi connectivity index (χ0v) is 13.0. The van der Waals surface area contributed by atoms with Gasteiger partial charge in [0.1, 0.15) is 5.75 Å². The van der Waals surface area contributed by atoms with Crippen molar-refractivity contribution < 1.29 is 18.1 Å². The topological polar surface area (TPSA) is 86.5 Å². The number of benzene rings is 1. The van der Waals surface area contributed by atoms with E-state index in [2.05, 4.69) is 15.9 Å². The van der Waals surface area contributed by atoms with Crippen LogP contribution in [0, 0.1) is 16.0 Å². The van der Waals surface area contributed by atoms with Crippen molar-refractivity contribution in [2.24, 2.45) is 5.92 Å². The first-order valence-electron chi connectivity index (χ1n) is 5.17. The van der Waals surface area contributed by atoms with Gasteiger partial charge in [-0.1, -0.05) is 22.9 Å². The van der Waals surface area contributed by atoms with E-state index in [1.807, 2.05) is 0 Å². The second kappa shape index (κ2) is 6.53. The quantitative estimate of drug-likeness (QED) is 0.435. The smallest absolute Gasteiger partial charge is 0.274 e. The molecule has 0 aromatic heterocycles. The van der Waals surface area contributed by atoms with Crippen LogP contribution in [0.15, 0.2) is 22.7 Å². The van der Waals surface area contributed by atoms with Gasteiger partial charge in [0.25, 0.3) is 5.69 Å². The Morgan fingerprint density at radius 1 is 1.47 bits per heavy atom. The highest BCUT2D eigenvalue weighted by atomic mass is 79.9. The van der Waals surface area contributed by atoms with Gasteiger partial charge in [-0.2, -0.15) is 0 Å². The molecule has 0 saturated heterocycles. The Balaban J connectivity index is 2.70. The normalized spacial score (nSPS) is 13.0. The molecule has 1 unspecified atom stereocenters. The molecule has 0 aliphatic rings. The number of non-ortho nitro benzene ring substituents is 1. The van der Waals surface area contributed by atoms with Gasteiger partial charge in [-0.05, 0) is 6.07 Å². The molecule has 0 saturated carbocycles. The molecule has 0 aliphatic heterocycles. The van der Waals surface area contributed by atoms with Gasteiger partial charge in [0.05, 0.1) is 23.3 Å². The lowest BCUT2D eigenvalue weighted by atomic mass is 10.2. The lowest BCUT2D eigenvalue weighted by Crippen LogP contribution is -2.16. The number of nitro benzene ring substituents is 1. The third-order valence-corrected chi connectivity index (χ3v) is 3.89. The van der Waals surface area contributed by atoms with Crippen molar-refractivity contribution in [3.8, 4) is 5.75 Å². The van der Waals surface area contributed by atoms with Gasteiger partial charge < -0.3 is 4.74 Å². The van der Waals surface area contributed by atoms with Gasteiger partial charge in [0.15, 0.2) is 0 Å². The predicted octanol–water partition coefficient (Wildman–Crippen LogP) is 2.94. The number of nitro groups is 1. The molecular formula is C10H11BrClNO5S. The highest BCUT2D eigenvalue weighted by Gasteiger charge is 2.15. The van der Waals surface area contributed by atoms with Crippen molar-refractivity contribution in [2.75, 3.05) is 12.4 Å². The summed E-state index contributed by atoms with van der Waals surface area (Å²) in [6, 6.07) is 4.18. The summed E-state index contributed by atoms with van der Waals surface area (Å²) >= 11 is 3.14. The van der Waals surface area contributed by atoms with Crippen molar-refractivity contribution in [1.29, 1.82) is 0 Å². The fourth-order valence-corrected chi connectivity index (χ4v) is 3.24. The molecule has 0 radical (unpaired) electrons. The summed E-state index contributed by atoms with van der Waals surface area (Å²) in [6.07, 6.45) is 0. The number of hydrogen-bond acceptors (Lipinski definition) is 5. The molecular weight excluding hydrogens is 362 g/mol. The van der Waals surface area contributed by atoms with Crippen LogP contribution in [0.4, 0.5) is 5.69 Å². The lowest BCUT2D eigenvalue weighted by Gasteiger charge is -2.11. The van der Waals surface area contributed by atoms with Crippen LogP contribution in [-0.2, 0) is 9.05 Å². The summed E-state index contributed by atoms with van der Waals surface area (Å²) in [5, 5.41) is 10.7. The fourth-order valence-electron chi connectivity index (χ4n) is 1.36. The molecule has 1 atom stereocenters. The van der Waals surface area contributed by atoms with Gasteiger partial charge in [-0.15, -0.1) is 0 Å². The molecule has 1 aromatic carbocycles. The monoisotopic (exact) mass is 371 g/mol. The molecule has 0 aliphatic carbocycles. The summed E-state index contributed by atoms with van der Waals surface area (Å²) in [5.74, 6) is -0.245. The van der Waals surface area contributed by atoms with Crippen LogP contribution in [0.2, 0.25) is 0 Å². The fraction of sp³-hybridized carbons (Fsp3) is 0.400. The molecule has 0 amide bonds. The van der Waals surface area contributed by atoms with Crippen molar-refractivity contribution >= 4 is 41.4 Å². The number of rotatable bonds is 6. The summed E-state index contributed by atoms with van der Waals surface area (Å²) in [4.78, 5) is 10.1. The molecule has 0 bridgehead atoms. The van der Waals surface area contributed by atoms with Gasteiger partial charge in [0.2, 0.25) is 9.05 Å². The average molecular weight is 373 g/mol. The third-order valence-electron chi connectivity index (χ3n) is 2.08. The largest absolute Gasteiger partial charge is 0.493 e. The highest BCUT2D eigenvalue weighted by Crippen LogP contribution is 2.26. The van der Waals surface area contributed by atoms with E-state index < -0.39 is 14.0 Å². The molecule has 9 heteroatoms. The Labute approximate surface area is 123 Å². The summed E-state index contributed by atoms with van der Waals surface area (Å²) in [5.41, 5.74) is -0.109. The number of ether oxygens (including phenoxy) is 1. The standard InChI is InChI=1S/C10H11BrClNO5S/c1-7(6-19(12,16)17)5-18-10-3-8(11)2-9(4-10)13(14)15/h2-4,7H,5-6H2,1H3. The maximum Gasteiger partial charge on any atom is 0.274 e. The Kier molecular flexibility index (Phi) is 5.57. The van der Waals surface area contributed by atoms with E-state index in [4.69, 9.17) is 15.4 Å². The van der Waals surface area contributed by atoms with Crippen LogP contribution in [0.5, 0.6) is 5.75 Å². The highest BCUT2D eigenvalue weighted by molar-refractivity contribution is 9.10. The molecule has 0 heterocycles. The Bertz CT molecular complexity index is 577. The summed E-state index contributed by atoms with van der Waals surface area (Å²) < 4.78 is 27.6. The number of halogens is 2. The van der Waals surface area contributed by atoms with Gasteiger partial charge in [-0.3, -0.25) is 10.1 Å². The van der Waals surface area contributed by atoms with Gasteiger partial charge in [0, 0.05) is 27.1 Å². The SMILES string of the molecule is CC(COc1cc(Br)cc([N+](=O)[O-])c1)CS(=O)(=O)Cl. The van der Waals surface area contributed by atoms with Crippen LogP contribution in [0.1, 0.15) is 6.92 Å². The van der Waals surface area contributed by atoms with Crippen LogP contribution >= 0.6 is 26.6 Å². The molecule has 106 valence electrons. The van der Waals surface area contributed by atoms with E-state index in [-0.39, 0.29) is 24.0 Å². The van der Waals surface area contributed by atoms with E-state index in [0.29, 0.717) is 10.2 Å². The molecule has 19 heavy (non-hydrogen) atoms. The molecule has 0 spiro atoms. The van der Waals surface area contributed by atoms with Crippen molar-refractivity contribution in [3.63, 3.8) is 0 Å². The molecule has 6 nitrogen and oxygen atoms in total. The maximum atomic E-state index is 10.9. The third kappa shape index (κ3) is 6.22. The first-order chi connectivity index (χ1) is 8.67. The van der Waals surface area contributed by atoms with Crippen LogP contribution in [0.25, 0.3) is 0 Å². The molecule has 0 N–H and O–H groups in total. The Hall–Kier alpha value is -0.860. The van der Waals surface area contributed by atoms with Crippen LogP contribution in [-0.4, -0.2) is 25.7 Å². The summed E-state index contributed by atoms with van der Waals surface area (Å²) in [6.45, 7) is 1.76. The second-order valence-electron chi connectivity index (χ2n) is 4.02. The van der Waals surface area contributed by atoms with E-state index in [9.17, 15) is 18.5 Å². The van der Waals surface area contributed by atoms with Crippen molar-refractivity contribution in [3.05, 3.63) is 32.8 Å². The number of nitrogens with zero attached hydrogens (tertiary/aromatic N) is 1. The minimum absolute atomic E-state index is 0.0968. The van der Waals surface area contributed by atoms with E-state index in [1.165, 1.54) is 12.1 Å². The summed E-state index contributed by atoms with van der Waals surface area (Å²) in [7, 11) is 1.54. The molecule has 0 fully saturated rings. The molecule has 1 aromatic rings. The number of hydrogen-bond donors (Lipinski definition) is 0. The Morgan fingerprint density at radius 2 is 2.11 bits per heavy atom. The van der Waals surface area contributed by atoms with Crippen LogP contribution < -0.4 is 4.74 Å². The average Bonchev–Trinajstić information content (AvgIpc) is 2.23. The van der Waals surface area contributed by atoms with E-state index >= 15 is 0 Å². The van der Waals surface area contributed by atoms with Gasteiger partial charge in [-0.25, -0.2) is 8.42 Å². The lowest BCUT2D eigenvalue weighted by molar-refractivity contribution is -0.385. The second-order valence-corrected chi connectivity index (χ2v) is 7.76. The first kappa shape index (κ1) is 16.2.